The highest BCUT2D eigenvalue weighted by atomic mass is 16.5. The maximum Gasteiger partial charge on any atom is 0.201 e. The molecule has 2 aromatic rings. The first kappa shape index (κ1) is 16.5. The summed E-state index contributed by atoms with van der Waals surface area (Å²) in [6.45, 7) is 1.92. The summed E-state index contributed by atoms with van der Waals surface area (Å²) in [6.07, 6.45) is 3.49. The average molecular weight is 316 g/mol. The van der Waals surface area contributed by atoms with Gasteiger partial charge in [-0.2, -0.15) is 0 Å². The predicted octanol–water partition coefficient (Wildman–Crippen LogP) is 3.60. The van der Waals surface area contributed by atoms with E-state index in [9.17, 15) is 10.2 Å². The average Bonchev–Trinajstić information content (AvgIpc) is 2.57. The van der Waals surface area contributed by atoms with Gasteiger partial charge >= 0.3 is 0 Å². The minimum absolute atomic E-state index is 0.221. The second-order valence-electron chi connectivity index (χ2n) is 4.94. The van der Waals surface area contributed by atoms with Crippen LogP contribution in [0.25, 0.3) is 12.2 Å². The molecule has 2 rings (SSSR count). The Balaban J connectivity index is 2.39. The Morgan fingerprint density at radius 3 is 1.87 bits per heavy atom. The molecule has 0 fully saturated rings. The molecule has 0 saturated carbocycles. The molecule has 0 bridgehead atoms. The summed E-state index contributed by atoms with van der Waals surface area (Å²) >= 11 is 0. The third-order valence-electron chi connectivity index (χ3n) is 3.60. The van der Waals surface area contributed by atoms with Crippen LogP contribution in [-0.2, 0) is 0 Å². The van der Waals surface area contributed by atoms with Crippen molar-refractivity contribution in [2.24, 2.45) is 0 Å². The van der Waals surface area contributed by atoms with Gasteiger partial charge in [-0.25, -0.2) is 0 Å². The zero-order valence-corrected chi connectivity index (χ0v) is 13.6. The SMILES string of the molecule is COc1cc(/C=C\c2ccc(OC)c(O)c2O)cc(OC)c1C. The lowest BCUT2D eigenvalue weighted by molar-refractivity contribution is 0.350. The van der Waals surface area contributed by atoms with Crippen molar-refractivity contribution < 1.29 is 24.4 Å². The minimum Gasteiger partial charge on any atom is -0.504 e. The molecule has 0 saturated heterocycles. The quantitative estimate of drug-likeness (QED) is 0.651. The molecule has 2 aromatic carbocycles. The Hall–Kier alpha value is -2.82. The molecule has 122 valence electrons. The Labute approximate surface area is 135 Å². The number of methoxy groups -OCH3 is 3. The monoisotopic (exact) mass is 316 g/mol. The third-order valence-corrected chi connectivity index (χ3v) is 3.60. The van der Waals surface area contributed by atoms with Gasteiger partial charge in [-0.05, 0) is 36.8 Å². The molecule has 0 aromatic heterocycles. The molecule has 5 nitrogen and oxygen atoms in total. The van der Waals surface area contributed by atoms with Gasteiger partial charge in [0, 0.05) is 11.1 Å². The molecular formula is C18H20O5. The maximum absolute atomic E-state index is 10.0. The second-order valence-corrected chi connectivity index (χ2v) is 4.94. The molecule has 0 heterocycles. The Morgan fingerprint density at radius 2 is 1.35 bits per heavy atom. The standard InChI is InChI=1S/C18H20O5/c1-11-15(22-3)9-12(10-16(11)23-4)5-6-13-7-8-14(21-2)18(20)17(13)19/h5-10,19-20H,1-4H3/b6-5-. The van der Waals surface area contributed by atoms with Crippen molar-refractivity contribution in [1.82, 2.24) is 0 Å². The van der Waals surface area contributed by atoms with Crippen molar-refractivity contribution in [3.05, 3.63) is 41.0 Å². The Kier molecular flexibility index (Phi) is 5.01. The van der Waals surface area contributed by atoms with Crippen molar-refractivity contribution in [3.63, 3.8) is 0 Å². The van der Waals surface area contributed by atoms with Crippen LogP contribution in [0.1, 0.15) is 16.7 Å². The van der Waals surface area contributed by atoms with Gasteiger partial charge in [-0.15, -0.1) is 0 Å². The molecule has 0 atom stereocenters. The maximum atomic E-state index is 10.0. The third kappa shape index (κ3) is 3.34. The molecule has 0 spiro atoms. The highest BCUT2D eigenvalue weighted by Crippen LogP contribution is 2.38. The topological polar surface area (TPSA) is 68.2 Å². The first-order valence-electron chi connectivity index (χ1n) is 7.01. The van der Waals surface area contributed by atoms with Gasteiger partial charge in [0.1, 0.15) is 11.5 Å². The van der Waals surface area contributed by atoms with Crippen LogP contribution in [0.15, 0.2) is 24.3 Å². The van der Waals surface area contributed by atoms with E-state index in [0.717, 1.165) is 11.1 Å². The molecule has 0 aliphatic carbocycles. The van der Waals surface area contributed by atoms with E-state index in [0.29, 0.717) is 17.1 Å². The second kappa shape index (κ2) is 6.96. The summed E-state index contributed by atoms with van der Waals surface area (Å²) in [5.74, 6) is 1.13. The van der Waals surface area contributed by atoms with Gasteiger partial charge in [-0.3, -0.25) is 0 Å². The van der Waals surface area contributed by atoms with Crippen LogP contribution in [0.2, 0.25) is 0 Å². The van der Waals surface area contributed by atoms with E-state index in [1.165, 1.54) is 7.11 Å². The van der Waals surface area contributed by atoms with Gasteiger partial charge in [0.15, 0.2) is 11.5 Å². The molecule has 0 aliphatic heterocycles. The number of hydrogen-bond donors (Lipinski definition) is 2. The first-order valence-corrected chi connectivity index (χ1v) is 7.01. The lowest BCUT2D eigenvalue weighted by atomic mass is 10.1. The van der Waals surface area contributed by atoms with Crippen LogP contribution in [0.3, 0.4) is 0 Å². The zero-order chi connectivity index (χ0) is 17.0. The Morgan fingerprint density at radius 1 is 0.783 bits per heavy atom. The van der Waals surface area contributed by atoms with Crippen molar-refractivity contribution >= 4 is 12.2 Å². The normalized spacial score (nSPS) is 10.8. The van der Waals surface area contributed by atoms with Crippen LogP contribution in [0.4, 0.5) is 0 Å². The molecular weight excluding hydrogens is 296 g/mol. The predicted molar refractivity (Wildman–Crippen MR) is 89.5 cm³/mol. The fourth-order valence-corrected chi connectivity index (χ4v) is 2.26. The Bertz CT molecular complexity index is 709. The van der Waals surface area contributed by atoms with E-state index in [1.54, 1.807) is 38.5 Å². The summed E-state index contributed by atoms with van der Waals surface area (Å²) in [5.41, 5.74) is 2.23. The summed E-state index contributed by atoms with van der Waals surface area (Å²) < 4.78 is 15.6. The van der Waals surface area contributed by atoms with Crippen LogP contribution in [-0.4, -0.2) is 31.5 Å². The number of phenolic OH excluding ortho intramolecular Hbond substituents is 2. The highest BCUT2D eigenvalue weighted by Gasteiger charge is 2.11. The van der Waals surface area contributed by atoms with Crippen molar-refractivity contribution in [3.8, 4) is 28.7 Å². The van der Waals surface area contributed by atoms with E-state index >= 15 is 0 Å². The highest BCUT2D eigenvalue weighted by molar-refractivity contribution is 5.76. The van der Waals surface area contributed by atoms with Crippen LogP contribution in [0.5, 0.6) is 28.7 Å². The number of phenols is 2. The van der Waals surface area contributed by atoms with Crippen LogP contribution >= 0.6 is 0 Å². The van der Waals surface area contributed by atoms with Crippen molar-refractivity contribution in [2.45, 2.75) is 6.92 Å². The number of hydrogen-bond acceptors (Lipinski definition) is 5. The van der Waals surface area contributed by atoms with E-state index in [-0.39, 0.29) is 17.2 Å². The van der Waals surface area contributed by atoms with Gasteiger partial charge < -0.3 is 24.4 Å². The summed E-state index contributed by atoms with van der Waals surface area (Å²) in [4.78, 5) is 0. The minimum atomic E-state index is -0.284. The van der Waals surface area contributed by atoms with Crippen LogP contribution < -0.4 is 14.2 Å². The number of ether oxygens (including phenoxy) is 3. The molecule has 0 unspecified atom stereocenters. The van der Waals surface area contributed by atoms with E-state index in [4.69, 9.17) is 14.2 Å². The van der Waals surface area contributed by atoms with E-state index in [2.05, 4.69) is 0 Å². The smallest absolute Gasteiger partial charge is 0.201 e. The van der Waals surface area contributed by atoms with Crippen molar-refractivity contribution in [1.29, 1.82) is 0 Å². The molecule has 0 aliphatic rings. The van der Waals surface area contributed by atoms with Gasteiger partial charge in [0.2, 0.25) is 5.75 Å². The van der Waals surface area contributed by atoms with Gasteiger partial charge in [-0.1, -0.05) is 12.2 Å². The van der Waals surface area contributed by atoms with Gasteiger partial charge in [0.25, 0.3) is 0 Å². The summed E-state index contributed by atoms with van der Waals surface area (Å²) in [7, 11) is 4.63. The van der Waals surface area contributed by atoms with Gasteiger partial charge in [0.05, 0.1) is 21.3 Å². The molecule has 23 heavy (non-hydrogen) atoms. The molecule has 5 heteroatoms. The largest absolute Gasteiger partial charge is 0.504 e. The molecule has 0 amide bonds. The fraction of sp³-hybridized carbons (Fsp3) is 0.222. The number of benzene rings is 2. The van der Waals surface area contributed by atoms with E-state index < -0.39 is 0 Å². The molecule has 0 radical (unpaired) electrons. The molecule has 2 N–H and O–H groups in total. The summed E-state index contributed by atoms with van der Waals surface area (Å²) in [6, 6.07) is 6.99. The van der Waals surface area contributed by atoms with E-state index in [1.807, 2.05) is 19.1 Å². The summed E-state index contributed by atoms with van der Waals surface area (Å²) in [5, 5.41) is 19.8. The lowest BCUT2D eigenvalue weighted by Crippen LogP contribution is -1.93. The lowest BCUT2D eigenvalue weighted by Gasteiger charge is -2.11. The first-order chi connectivity index (χ1) is 11.0. The number of rotatable bonds is 5. The van der Waals surface area contributed by atoms with Crippen molar-refractivity contribution in [2.75, 3.05) is 21.3 Å². The van der Waals surface area contributed by atoms with Crippen LogP contribution in [0, 0.1) is 6.92 Å². The number of aromatic hydroxyl groups is 2. The zero-order valence-electron chi connectivity index (χ0n) is 13.6. The fourth-order valence-electron chi connectivity index (χ4n) is 2.26.